The highest BCUT2D eigenvalue weighted by atomic mass is 32.2. The van der Waals surface area contributed by atoms with E-state index in [4.69, 9.17) is 4.74 Å². The van der Waals surface area contributed by atoms with Crippen molar-refractivity contribution in [3.05, 3.63) is 24.3 Å². The molecule has 0 bridgehead atoms. The first-order valence-corrected chi connectivity index (χ1v) is 8.66. The molecule has 2 rings (SSSR count). The maximum atomic E-state index is 12.2. The Labute approximate surface area is 125 Å². The maximum Gasteiger partial charge on any atom is 0.322 e. The maximum absolute atomic E-state index is 12.2. The fourth-order valence-electron chi connectivity index (χ4n) is 2.33. The number of urea groups is 1. The van der Waals surface area contributed by atoms with Crippen molar-refractivity contribution in [1.29, 1.82) is 0 Å². The zero-order chi connectivity index (χ0) is 15.6. The van der Waals surface area contributed by atoms with Gasteiger partial charge in [-0.15, -0.1) is 0 Å². The number of hydrogen-bond acceptors (Lipinski definition) is 4. The number of nitrogens with one attached hydrogen (secondary N) is 1. The summed E-state index contributed by atoms with van der Waals surface area (Å²) in [5, 5.41) is 2.77. The molecule has 1 fully saturated rings. The topological polar surface area (TPSA) is 75.7 Å². The third-order valence-corrected chi connectivity index (χ3v) is 4.37. The van der Waals surface area contributed by atoms with Gasteiger partial charge in [0, 0.05) is 25.0 Å². The Kier molecular flexibility index (Phi) is 4.53. The lowest BCUT2D eigenvalue weighted by Gasteiger charge is -2.35. The van der Waals surface area contributed by atoms with Gasteiger partial charge in [0.15, 0.2) is 9.84 Å². The minimum Gasteiger partial charge on any atom is -0.372 e. The van der Waals surface area contributed by atoms with Gasteiger partial charge in [-0.25, -0.2) is 13.2 Å². The van der Waals surface area contributed by atoms with E-state index in [0.29, 0.717) is 18.8 Å². The van der Waals surface area contributed by atoms with E-state index < -0.39 is 9.84 Å². The standard InChI is InChI=1S/C14H20N2O4S/c1-10-8-16(9-11(2)20-10)14(17)15-12-4-6-13(7-5-12)21(3,18)19/h4-7,10-11H,8-9H2,1-3H3,(H,15,17). The molecule has 1 aromatic carbocycles. The fraction of sp³-hybridized carbons (Fsp3) is 0.500. The van der Waals surface area contributed by atoms with E-state index in [2.05, 4.69) is 5.32 Å². The van der Waals surface area contributed by atoms with Crippen LogP contribution in [0.1, 0.15) is 13.8 Å². The third kappa shape index (κ3) is 4.18. The zero-order valence-electron chi connectivity index (χ0n) is 12.4. The van der Waals surface area contributed by atoms with E-state index in [1.807, 2.05) is 13.8 Å². The summed E-state index contributed by atoms with van der Waals surface area (Å²) in [4.78, 5) is 14.1. The molecule has 0 radical (unpaired) electrons. The second-order valence-corrected chi connectivity index (χ2v) is 7.40. The summed E-state index contributed by atoms with van der Waals surface area (Å²) in [7, 11) is -3.22. The summed E-state index contributed by atoms with van der Waals surface area (Å²) in [6.07, 6.45) is 1.16. The van der Waals surface area contributed by atoms with Crippen molar-refractivity contribution in [3.8, 4) is 0 Å². The second kappa shape index (κ2) is 6.03. The molecule has 6 nitrogen and oxygen atoms in total. The highest BCUT2D eigenvalue weighted by Crippen LogP contribution is 2.16. The number of sulfone groups is 1. The molecular weight excluding hydrogens is 292 g/mol. The summed E-state index contributed by atoms with van der Waals surface area (Å²) in [6, 6.07) is 5.93. The zero-order valence-corrected chi connectivity index (χ0v) is 13.2. The molecule has 1 aliphatic rings. The monoisotopic (exact) mass is 312 g/mol. The van der Waals surface area contributed by atoms with Gasteiger partial charge in [-0.05, 0) is 38.1 Å². The number of amides is 2. The summed E-state index contributed by atoms with van der Waals surface area (Å²) in [5.41, 5.74) is 0.569. The molecule has 1 heterocycles. The van der Waals surface area contributed by atoms with E-state index in [1.54, 1.807) is 17.0 Å². The molecule has 0 aliphatic carbocycles. The van der Waals surface area contributed by atoms with Crippen LogP contribution in [0.3, 0.4) is 0 Å². The van der Waals surface area contributed by atoms with Gasteiger partial charge in [0.05, 0.1) is 17.1 Å². The van der Waals surface area contributed by atoms with Crippen LogP contribution >= 0.6 is 0 Å². The van der Waals surface area contributed by atoms with E-state index in [1.165, 1.54) is 12.1 Å². The van der Waals surface area contributed by atoms with Gasteiger partial charge in [-0.1, -0.05) is 0 Å². The van der Waals surface area contributed by atoms with Crippen molar-refractivity contribution in [2.24, 2.45) is 0 Å². The smallest absolute Gasteiger partial charge is 0.322 e. The van der Waals surface area contributed by atoms with Crippen LogP contribution in [0.2, 0.25) is 0 Å². The number of anilines is 1. The number of carbonyl (C=O) groups excluding carboxylic acids is 1. The fourth-order valence-corrected chi connectivity index (χ4v) is 2.96. The number of hydrogen-bond donors (Lipinski definition) is 1. The molecule has 21 heavy (non-hydrogen) atoms. The summed E-state index contributed by atoms with van der Waals surface area (Å²) < 4.78 is 28.3. The lowest BCUT2D eigenvalue weighted by molar-refractivity contribution is -0.0530. The molecule has 0 spiro atoms. The molecular formula is C14H20N2O4S. The van der Waals surface area contributed by atoms with Gasteiger partial charge in [-0.3, -0.25) is 0 Å². The van der Waals surface area contributed by atoms with Crippen molar-refractivity contribution < 1.29 is 17.9 Å². The van der Waals surface area contributed by atoms with Crippen molar-refractivity contribution in [2.45, 2.75) is 31.0 Å². The molecule has 1 saturated heterocycles. The van der Waals surface area contributed by atoms with Crippen molar-refractivity contribution in [2.75, 3.05) is 24.7 Å². The van der Waals surface area contributed by atoms with Crippen LogP contribution < -0.4 is 5.32 Å². The first kappa shape index (κ1) is 15.8. The normalized spacial score (nSPS) is 22.9. The Morgan fingerprint density at radius 1 is 1.19 bits per heavy atom. The van der Waals surface area contributed by atoms with Crippen LogP contribution in [-0.4, -0.2) is 50.9 Å². The first-order chi connectivity index (χ1) is 9.75. The molecule has 1 aromatic rings. The number of carbonyl (C=O) groups is 1. The molecule has 2 unspecified atom stereocenters. The van der Waals surface area contributed by atoms with Gasteiger partial charge >= 0.3 is 6.03 Å². The summed E-state index contributed by atoms with van der Waals surface area (Å²) in [6.45, 7) is 4.93. The molecule has 1 aliphatic heterocycles. The van der Waals surface area contributed by atoms with E-state index >= 15 is 0 Å². The largest absolute Gasteiger partial charge is 0.372 e. The molecule has 1 N–H and O–H groups in total. The van der Waals surface area contributed by atoms with Gasteiger partial charge in [0.1, 0.15) is 0 Å². The minimum atomic E-state index is -3.22. The van der Waals surface area contributed by atoms with Crippen LogP contribution in [0.4, 0.5) is 10.5 Å². The Morgan fingerprint density at radius 2 is 1.71 bits per heavy atom. The number of ether oxygens (including phenoxy) is 1. The number of nitrogens with zero attached hydrogens (tertiary/aromatic N) is 1. The van der Waals surface area contributed by atoms with E-state index in [-0.39, 0.29) is 23.1 Å². The van der Waals surface area contributed by atoms with Crippen molar-refractivity contribution >= 4 is 21.6 Å². The molecule has 2 amide bonds. The summed E-state index contributed by atoms with van der Waals surface area (Å²) in [5.74, 6) is 0. The van der Waals surface area contributed by atoms with Crippen molar-refractivity contribution in [1.82, 2.24) is 4.90 Å². The highest BCUT2D eigenvalue weighted by molar-refractivity contribution is 7.90. The third-order valence-electron chi connectivity index (χ3n) is 3.24. The first-order valence-electron chi connectivity index (χ1n) is 6.77. The second-order valence-electron chi connectivity index (χ2n) is 5.39. The van der Waals surface area contributed by atoms with Crippen LogP contribution in [0.5, 0.6) is 0 Å². The van der Waals surface area contributed by atoms with E-state index in [0.717, 1.165) is 6.26 Å². The lowest BCUT2D eigenvalue weighted by atomic mass is 10.2. The molecule has 0 aromatic heterocycles. The van der Waals surface area contributed by atoms with Crippen LogP contribution in [-0.2, 0) is 14.6 Å². The number of rotatable bonds is 2. The molecule has 0 saturated carbocycles. The highest BCUT2D eigenvalue weighted by Gasteiger charge is 2.25. The van der Waals surface area contributed by atoms with Crippen molar-refractivity contribution in [3.63, 3.8) is 0 Å². The average molecular weight is 312 g/mol. The lowest BCUT2D eigenvalue weighted by Crippen LogP contribution is -2.49. The minimum absolute atomic E-state index is 0.00658. The summed E-state index contributed by atoms with van der Waals surface area (Å²) >= 11 is 0. The van der Waals surface area contributed by atoms with Crippen LogP contribution in [0.15, 0.2) is 29.2 Å². The SMILES string of the molecule is CC1CN(C(=O)Nc2ccc(S(C)(=O)=O)cc2)CC(C)O1. The molecule has 7 heteroatoms. The number of morpholine rings is 1. The Hall–Kier alpha value is -1.60. The van der Waals surface area contributed by atoms with Gasteiger partial charge < -0.3 is 15.0 Å². The Morgan fingerprint density at radius 3 is 2.19 bits per heavy atom. The molecule has 2 atom stereocenters. The van der Waals surface area contributed by atoms with Crippen LogP contribution in [0.25, 0.3) is 0 Å². The number of benzene rings is 1. The molecule has 116 valence electrons. The average Bonchev–Trinajstić information content (AvgIpc) is 2.37. The van der Waals surface area contributed by atoms with E-state index in [9.17, 15) is 13.2 Å². The van der Waals surface area contributed by atoms with Gasteiger partial charge in [0.25, 0.3) is 0 Å². The Bertz CT molecular complexity index is 602. The Balaban J connectivity index is 2.03. The van der Waals surface area contributed by atoms with Crippen LogP contribution in [0, 0.1) is 0 Å². The predicted octanol–water partition coefficient (Wildman–Crippen LogP) is 1.73. The predicted molar refractivity (Wildman–Crippen MR) is 80.2 cm³/mol. The van der Waals surface area contributed by atoms with Gasteiger partial charge in [-0.2, -0.15) is 0 Å². The van der Waals surface area contributed by atoms with Gasteiger partial charge in [0.2, 0.25) is 0 Å². The quantitative estimate of drug-likeness (QED) is 0.902.